The lowest BCUT2D eigenvalue weighted by Crippen LogP contribution is -2.48. The maximum atomic E-state index is 12.3. The van der Waals surface area contributed by atoms with Gasteiger partial charge in [-0.25, -0.2) is 0 Å². The van der Waals surface area contributed by atoms with Gasteiger partial charge in [0.15, 0.2) is 0 Å². The molecule has 2 aromatic rings. The number of anilines is 2. The van der Waals surface area contributed by atoms with Crippen LogP contribution in [0.1, 0.15) is 17.5 Å². The van der Waals surface area contributed by atoms with E-state index >= 15 is 0 Å². The van der Waals surface area contributed by atoms with Crippen LogP contribution in [0.15, 0.2) is 48.5 Å². The summed E-state index contributed by atoms with van der Waals surface area (Å²) in [6.07, 6.45) is 2.33. The summed E-state index contributed by atoms with van der Waals surface area (Å²) in [7, 11) is 0. The molecule has 28 heavy (non-hydrogen) atoms. The first-order chi connectivity index (χ1) is 13.7. The number of fused-ring (bicyclic) bond motifs is 1. The zero-order valence-electron chi connectivity index (χ0n) is 15.5. The third kappa shape index (κ3) is 3.76. The maximum Gasteiger partial charge on any atom is 0.256 e. The number of hydrogen-bond acceptors (Lipinski definition) is 3. The molecule has 4 rings (SSSR count). The molecular weight excluding hydrogens is 374 g/mol. The van der Waals surface area contributed by atoms with Crippen LogP contribution in [0.2, 0.25) is 0 Å². The van der Waals surface area contributed by atoms with E-state index in [2.05, 4.69) is 22.3 Å². The topological polar surface area (TPSA) is 52.7 Å². The van der Waals surface area contributed by atoms with Crippen LogP contribution in [-0.4, -0.2) is 48.8 Å². The number of rotatable bonds is 4. The highest BCUT2D eigenvalue weighted by Crippen LogP contribution is 2.32. The Balaban J connectivity index is 1.44. The average molecular weight is 396 g/mol. The van der Waals surface area contributed by atoms with Crippen LogP contribution in [0.3, 0.4) is 0 Å². The van der Waals surface area contributed by atoms with Crippen LogP contribution in [0.25, 0.3) is 11.6 Å². The van der Waals surface area contributed by atoms with Crippen LogP contribution in [0.5, 0.6) is 0 Å². The van der Waals surface area contributed by atoms with Gasteiger partial charge >= 0.3 is 0 Å². The molecule has 6 heteroatoms. The summed E-state index contributed by atoms with van der Waals surface area (Å²) in [4.78, 5) is 28.4. The van der Waals surface area contributed by atoms with Crippen molar-refractivity contribution in [3.63, 3.8) is 0 Å². The molecule has 0 bridgehead atoms. The van der Waals surface area contributed by atoms with Gasteiger partial charge in [-0.05, 0) is 29.8 Å². The number of carbonyl (C=O) groups excluding carboxylic acids is 2. The molecule has 0 radical (unpaired) electrons. The number of halogens is 1. The molecule has 2 amide bonds. The molecule has 0 saturated carbocycles. The van der Waals surface area contributed by atoms with Crippen molar-refractivity contribution in [1.82, 2.24) is 4.90 Å². The first-order valence-electron chi connectivity index (χ1n) is 9.47. The zero-order chi connectivity index (χ0) is 19.5. The van der Waals surface area contributed by atoms with Crippen molar-refractivity contribution in [3.8, 4) is 0 Å². The van der Waals surface area contributed by atoms with Crippen molar-refractivity contribution in [2.75, 3.05) is 42.3 Å². The monoisotopic (exact) mass is 395 g/mol. The Bertz CT molecular complexity index is 916. The zero-order valence-corrected chi connectivity index (χ0v) is 16.3. The van der Waals surface area contributed by atoms with Gasteiger partial charge in [-0.15, -0.1) is 11.6 Å². The normalized spacial score (nSPS) is 17.6. The van der Waals surface area contributed by atoms with Crippen molar-refractivity contribution >= 4 is 46.4 Å². The Hall–Kier alpha value is -2.79. The minimum absolute atomic E-state index is 0.0667. The summed E-state index contributed by atoms with van der Waals surface area (Å²) in [5.74, 6) is 0.438. The van der Waals surface area contributed by atoms with Crippen LogP contribution < -0.4 is 10.2 Å². The lowest BCUT2D eigenvalue weighted by Gasteiger charge is -2.36. The Kier molecular flexibility index (Phi) is 5.35. The Morgan fingerprint density at radius 1 is 1.04 bits per heavy atom. The molecule has 0 spiro atoms. The summed E-state index contributed by atoms with van der Waals surface area (Å²) in [5, 5.41) is 2.90. The molecule has 0 atom stereocenters. The lowest BCUT2D eigenvalue weighted by atomic mass is 10.0. The van der Waals surface area contributed by atoms with Gasteiger partial charge in [0.2, 0.25) is 5.91 Å². The molecule has 144 valence electrons. The molecule has 0 aromatic heterocycles. The van der Waals surface area contributed by atoms with Crippen molar-refractivity contribution in [2.45, 2.75) is 6.42 Å². The molecule has 0 unspecified atom stereocenters. The quantitative estimate of drug-likeness (QED) is 0.637. The van der Waals surface area contributed by atoms with Crippen molar-refractivity contribution in [3.05, 3.63) is 59.7 Å². The largest absolute Gasteiger partial charge is 0.368 e. The third-order valence-electron chi connectivity index (χ3n) is 5.22. The van der Waals surface area contributed by atoms with E-state index in [1.165, 1.54) is 0 Å². The van der Waals surface area contributed by atoms with Gasteiger partial charge in [0.1, 0.15) is 0 Å². The second-order valence-electron chi connectivity index (χ2n) is 6.96. The summed E-state index contributed by atoms with van der Waals surface area (Å²) >= 11 is 5.67. The van der Waals surface area contributed by atoms with Crippen molar-refractivity contribution in [2.24, 2.45) is 0 Å². The van der Waals surface area contributed by atoms with E-state index in [1.807, 2.05) is 47.4 Å². The first-order valence-corrected chi connectivity index (χ1v) is 10.0. The van der Waals surface area contributed by atoms with Gasteiger partial charge in [0, 0.05) is 61.0 Å². The minimum atomic E-state index is -0.0667. The summed E-state index contributed by atoms with van der Waals surface area (Å²) in [6, 6.07) is 15.9. The van der Waals surface area contributed by atoms with Crippen LogP contribution in [0.4, 0.5) is 11.4 Å². The van der Waals surface area contributed by atoms with E-state index in [1.54, 1.807) is 0 Å². The first kappa shape index (κ1) is 18.6. The molecule has 1 saturated heterocycles. The van der Waals surface area contributed by atoms with E-state index in [9.17, 15) is 9.59 Å². The van der Waals surface area contributed by atoms with E-state index in [-0.39, 0.29) is 11.8 Å². The fourth-order valence-corrected chi connectivity index (χ4v) is 3.84. The standard InChI is InChI=1S/C22H22ClN3O2/c23-10-9-21(27)26-13-11-25(12-14-26)17-7-5-16(6-8-17)15-19-18-3-1-2-4-20(18)24-22(19)28/h1-8,15H,9-14H2,(H,24,28)/b19-15+. The predicted molar refractivity (Wildman–Crippen MR) is 114 cm³/mol. The summed E-state index contributed by atoms with van der Waals surface area (Å²) < 4.78 is 0. The highest BCUT2D eigenvalue weighted by atomic mass is 35.5. The highest BCUT2D eigenvalue weighted by molar-refractivity contribution is 6.34. The number of nitrogens with zero attached hydrogens (tertiary/aromatic N) is 2. The molecule has 2 aromatic carbocycles. The maximum absolute atomic E-state index is 12.3. The average Bonchev–Trinajstić information content (AvgIpc) is 3.04. The molecule has 2 aliphatic rings. The van der Waals surface area contributed by atoms with E-state index in [0.29, 0.717) is 17.9 Å². The summed E-state index contributed by atoms with van der Waals surface area (Å²) in [5.41, 5.74) is 4.60. The number of amides is 2. The molecule has 0 aliphatic carbocycles. The second-order valence-corrected chi connectivity index (χ2v) is 7.33. The number of carbonyl (C=O) groups is 2. The number of hydrogen-bond donors (Lipinski definition) is 1. The Labute approximate surface area is 169 Å². The van der Waals surface area contributed by atoms with Crippen LogP contribution >= 0.6 is 11.6 Å². The smallest absolute Gasteiger partial charge is 0.256 e. The minimum Gasteiger partial charge on any atom is -0.368 e. The third-order valence-corrected chi connectivity index (χ3v) is 5.41. The fourth-order valence-electron chi connectivity index (χ4n) is 3.68. The van der Waals surface area contributed by atoms with Crippen LogP contribution in [-0.2, 0) is 9.59 Å². The van der Waals surface area contributed by atoms with Gasteiger partial charge in [-0.1, -0.05) is 30.3 Å². The number of para-hydroxylation sites is 1. The number of benzene rings is 2. The highest BCUT2D eigenvalue weighted by Gasteiger charge is 2.23. The molecule has 5 nitrogen and oxygen atoms in total. The second kappa shape index (κ2) is 8.07. The van der Waals surface area contributed by atoms with Gasteiger partial charge in [-0.2, -0.15) is 0 Å². The van der Waals surface area contributed by atoms with Gasteiger partial charge in [0.25, 0.3) is 5.91 Å². The molecule has 1 N–H and O–H groups in total. The van der Waals surface area contributed by atoms with Crippen molar-refractivity contribution < 1.29 is 9.59 Å². The number of alkyl halides is 1. The molecular formula is C22H22ClN3O2. The van der Waals surface area contributed by atoms with Gasteiger partial charge < -0.3 is 15.1 Å². The van der Waals surface area contributed by atoms with Crippen molar-refractivity contribution in [1.29, 1.82) is 0 Å². The van der Waals surface area contributed by atoms with E-state index in [0.717, 1.165) is 48.7 Å². The fraction of sp³-hybridized carbons (Fsp3) is 0.273. The molecule has 1 fully saturated rings. The predicted octanol–water partition coefficient (Wildman–Crippen LogP) is 3.46. The van der Waals surface area contributed by atoms with E-state index < -0.39 is 0 Å². The van der Waals surface area contributed by atoms with Gasteiger partial charge in [-0.3, -0.25) is 9.59 Å². The SMILES string of the molecule is O=C1Nc2ccccc2/C1=C\c1ccc(N2CCN(C(=O)CCCl)CC2)cc1. The Morgan fingerprint density at radius 2 is 1.75 bits per heavy atom. The van der Waals surface area contributed by atoms with Crippen LogP contribution in [0, 0.1) is 0 Å². The Morgan fingerprint density at radius 3 is 2.46 bits per heavy atom. The number of nitrogens with one attached hydrogen (secondary N) is 1. The lowest BCUT2D eigenvalue weighted by molar-refractivity contribution is -0.131. The summed E-state index contributed by atoms with van der Waals surface area (Å²) in [6.45, 7) is 3.06. The molecule has 2 aliphatic heterocycles. The van der Waals surface area contributed by atoms with Gasteiger partial charge in [0.05, 0.1) is 0 Å². The molecule has 2 heterocycles. The van der Waals surface area contributed by atoms with E-state index in [4.69, 9.17) is 11.6 Å². The number of piperazine rings is 1.